The average Bonchev–Trinajstić information content (AvgIpc) is 3.10. The Morgan fingerprint density at radius 3 is 3.00 bits per heavy atom. The fourth-order valence-corrected chi connectivity index (χ4v) is 2.18. The molecule has 0 aliphatic carbocycles. The van der Waals surface area contributed by atoms with E-state index in [2.05, 4.69) is 24.0 Å². The van der Waals surface area contributed by atoms with E-state index in [-0.39, 0.29) is 5.92 Å². The monoisotopic (exact) mass is 276 g/mol. The first-order valence-corrected chi connectivity index (χ1v) is 6.53. The summed E-state index contributed by atoms with van der Waals surface area (Å²) in [4.78, 5) is 4.39. The van der Waals surface area contributed by atoms with Crippen LogP contribution in [0.3, 0.4) is 0 Å². The Kier molecular flexibility index (Phi) is 3.08. The van der Waals surface area contributed by atoms with Crippen molar-refractivity contribution in [3.05, 3.63) is 41.6 Å². The molecule has 19 heavy (non-hydrogen) atoms. The second kappa shape index (κ2) is 4.88. The molecule has 0 fully saturated rings. The van der Waals surface area contributed by atoms with E-state index < -0.39 is 0 Å². The summed E-state index contributed by atoms with van der Waals surface area (Å²) >= 11 is 1.17. The summed E-state index contributed by atoms with van der Waals surface area (Å²) in [5.41, 5.74) is 1.90. The molecule has 7 nitrogen and oxygen atoms in total. The van der Waals surface area contributed by atoms with Crippen LogP contribution in [0.1, 0.15) is 35.8 Å². The van der Waals surface area contributed by atoms with Gasteiger partial charge in [-0.05, 0) is 6.92 Å². The third-order valence-electron chi connectivity index (χ3n) is 2.83. The van der Waals surface area contributed by atoms with Crippen LogP contribution >= 0.6 is 11.7 Å². The Bertz CT molecular complexity index is 658. The molecule has 1 atom stereocenters. The maximum absolute atomic E-state index is 5.30. The molecule has 3 aromatic heterocycles. The molecule has 1 unspecified atom stereocenters. The van der Waals surface area contributed by atoms with Gasteiger partial charge in [0.2, 0.25) is 5.89 Å². The molecule has 0 aromatic carbocycles. The third-order valence-corrected chi connectivity index (χ3v) is 3.34. The molecule has 0 radical (unpaired) electrons. The van der Waals surface area contributed by atoms with E-state index in [1.165, 1.54) is 11.7 Å². The van der Waals surface area contributed by atoms with E-state index in [1.54, 1.807) is 17.1 Å². The van der Waals surface area contributed by atoms with Crippen molar-refractivity contribution in [1.29, 1.82) is 0 Å². The van der Waals surface area contributed by atoms with Crippen LogP contribution < -0.4 is 0 Å². The normalized spacial score (nSPS) is 12.7. The van der Waals surface area contributed by atoms with Crippen molar-refractivity contribution < 1.29 is 4.52 Å². The highest BCUT2D eigenvalue weighted by atomic mass is 32.1. The highest BCUT2D eigenvalue weighted by Gasteiger charge is 2.18. The standard InChI is InChI=1S/C11H12N6OS/c1-7(8-4-12-17(2)6-8)11-14-10(15-18-11)3-9-5-13-19-16-9/h4-7H,3H2,1-2H3. The van der Waals surface area contributed by atoms with Crippen LogP contribution in [0, 0.1) is 0 Å². The van der Waals surface area contributed by atoms with E-state index in [9.17, 15) is 0 Å². The minimum Gasteiger partial charge on any atom is -0.339 e. The first kappa shape index (κ1) is 12.0. The second-order valence-electron chi connectivity index (χ2n) is 4.29. The lowest BCUT2D eigenvalue weighted by atomic mass is 10.1. The van der Waals surface area contributed by atoms with Crippen LogP contribution in [0.5, 0.6) is 0 Å². The van der Waals surface area contributed by atoms with Crippen LogP contribution in [-0.2, 0) is 13.5 Å². The number of rotatable bonds is 4. The maximum Gasteiger partial charge on any atom is 0.234 e. The number of nitrogens with zero attached hydrogens (tertiary/aromatic N) is 6. The van der Waals surface area contributed by atoms with Gasteiger partial charge < -0.3 is 4.52 Å². The number of aromatic nitrogens is 6. The fraction of sp³-hybridized carbons (Fsp3) is 0.364. The lowest BCUT2D eigenvalue weighted by molar-refractivity contribution is 0.366. The summed E-state index contributed by atoms with van der Waals surface area (Å²) < 4.78 is 15.1. The first-order valence-electron chi connectivity index (χ1n) is 5.80. The molecule has 0 N–H and O–H groups in total. The van der Waals surface area contributed by atoms with Crippen molar-refractivity contribution in [2.75, 3.05) is 0 Å². The molecule has 0 spiro atoms. The highest BCUT2D eigenvalue weighted by molar-refractivity contribution is 6.99. The largest absolute Gasteiger partial charge is 0.339 e. The van der Waals surface area contributed by atoms with Crippen LogP contribution in [-0.4, -0.2) is 28.7 Å². The van der Waals surface area contributed by atoms with Crippen molar-refractivity contribution in [3.8, 4) is 0 Å². The Balaban J connectivity index is 1.77. The Morgan fingerprint density at radius 2 is 2.32 bits per heavy atom. The zero-order valence-electron chi connectivity index (χ0n) is 10.5. The third kappa shape index (κ3) is 2.53. The van der Waals surface area contributed by atoms with Crippen LogP contribution in [0.25, 0.3) is 0 Å². The number of aryl methyl sites for hydroxylation is 1. The van der Waals surface area contributed by atoms with Crippen molar-refractivity contribution in [2.45, 2.75) is 19.3 Å². The predicted molar refractivity (Wildman–Crippen MR) is 67.7 cm³/mol. The summed E-state index contributed by atoms with van der Waals surface area (Å²) in [5.74, 6) is 1.24. The molecule has 3 aromatic rings. The van der Waals surface area contributed by atoms with Gasteiger partial charge in [0.25, 0.3) is 0 Å². The zero-order chi connectivity index (χ0) is 13.2. The van der Waals surface area contributed by atoms with Crippen LogP contribution in [0.4, 0.5) is 0 Å². The summed E-state index contributed by atoms with van der Waals surface area (Å²) in [6, 6.07) is 0. The average molecular weight is 276 g/mol. The van der Waals surface area contributed by atoms with E-state index in [0.717, 1.165) is 11.3 Å². The van der Waals surface area contributed by atoms with Crippen molar-refractivity contribution in [1.82, 2.24) is 28.7 Å². The summed E-state index contributed by atoms with van der Waals surface area (Å²) in [6.45, 7) is 2.01. The molecule has 3 heterocycles. The first-order chi connectivity index (χ1) is 9.22. The van der Waals surface area contributed by atoms with Gasteiger partial charge in [-0.2, -0.15) is 18.8 Å². The molecule has 0 bridgehead atoms. The number of hydrogen-bond donors (Lipinski definition) is 0. The van der Waals surface area contributed by atoms with Gasteiger partial charge in [-0.1, -0.05) is 5.16 Å². The fourth-order valence-electron chi connectivity index (χ4n) is 1.75. The van der Waals surface area contributed by atoms with Gasteiger partial charge in [-0.25, -0.2) is 0 Å². The van der Waals surface area contributed by atoms with Crippen molar-refractivity contribution >= 4 is 11.7 Å². The molecule has 0 saturated heterocycles. The van der Waals surface area contributed by atoms with Crippen LogP contribution in [0.15, 0.2) is 23.1 Å². The summed E-state index contributed by atoms with van der Waals surface area (Å²) in [5, 5.41) is 8.11. The van der Waals surface area contributed by atoms with Gasteiger partial charge in [0, 0.05) is 18.8 Å². The van der Waals surface area contributed by atoms with Gasteiger partial charge in [-0.3, -0.25) is 4.68 Å². The molecule has 98 valence electrons. The molecule has 0 aliphatic rings. The van der Waals surface area contributed by atoms with E-state index in [4.69, 9.17) is 4.52 Å². The van der Waals surface area contributed by atoms with Gasteiger partial charge in [0.05, 0.1) is 42.2 Å². The minimum absolute atomic E-state index is 0.0310. The van der Waals surface area contributed by atoms with Crippen molar-refractivity contribution in [3.63, 3.8) is 0 Å². The number of hydrogen-bond acceptors (Lipinski definition) is 7. The predicted octanol–water partition coefficient (Wildman–Crippen LogP) is 1.40. The molecule has 8 heteroatoms. The van der Waals surface area contributed by atoms with Crippen molar-refractivity contribution in [2.24, 2.45) is 7.05 Å². The molecule has 0 amide bonds. The van der Waals surface area contributed by atoms with Gasteiger partial charge >= 0.3 is 0 Å². The SMILES string of the molecule is CC(c1cnn(C)c1)c1nc(Cc2cnsn2)no1. The van der Waals surface area contributed by atoms with Crippen LogP contribution in [0.2, 0.25) is 0 Å². The Labute approximate surface area is 113 Å². The Hall–Kier alpha value is -2.09. The molecule has 0 aliphatic heterocycles. The lowest BCUT2D eigenvalue weighted by Gasteiger charge is -2.01. The summed E-state index contributed by atoms with van der Waals surface area (Å²) in [6.07, 6.45) is 6.00. The van der Waals surface area contributed by atoms with Gasteiger partial charge in [-0.15, -0.1) is 0 Å². The lowest BCUT2D eigenvalue weighted by Crippen LogP contribution is -1.96. The molecule has 3 rings (SSSR count). The topological polar surface area (TPSA) is 82.5 Å². The van der Waals surface area contributed by atoms with E-state index >= 15 is 0 Å². The maximum atomic E-state index is 5.30. The highest BCUT2D eigenvalue weighted by Crippen LogP contribution is 2.22. The van der Waals surface area contributed by atoms with Gasteiger partial charge in [0.15, 0.2) is 5.82 Å². The van der Waals surface area contributed by atoms with Gasteiger partial charge in [0.1, 0.15) is 0 Å². The molecule has 0 saturated carbocycles. The smallest absolute Gasteiger partial charge is 0.234 e. The zero-order valence-corrected chi connectivity index (χ0v) is 11.3. The summed E-state index contributed by atoms with van der Waals surface area (Å²) in [7, 11) is 1.88. The minimum atomic E-state index is 0.0310. The van der Waals surface area contributed by atoms with E-state index in [0.29, 0.717) is 18.1 Å². The Morgan fingerprint density at radius 1 is 1.42 bits per heavy atom. The molecular weight excluding hydrogens is 264 g/mol. The van der Waals surface area contributed by atoms with E-state index in [1.807, 2.05) is 20.2 Å². The molecular formula is C11H12N6OS. The quantitative estimate of drug-likeness (QED) is 0.716. The second-order valence-corrected chi connectivity index (χ2v) is 4.85.